The van der Waals surface area contributed by atoms with Crippen LogP contribution in [0.5, 0.6) is 0 Å². The fraction of sp³-hybridized carbons (Fsp3) is 0.357. The van der Waals surface area contributed by atoms with Crippen LogP contribution < -0.4 is 10.6 Å². The number of urea groups is 1. The molecule has 0 saturated carbocycles. The van der Waals surface area contributed by atoms with Gasteiger partial charge in [-0.25, -0.2) is 9.18 Å². The highest BCUT2D eigenvalue weighted by atomic mass is 19.1. The first kappa shape index (κ1) is 17.4. The fourth-order valence-corrected chi connectivity index (χ4v) is 1.55. The molecule has 0 radical (unpaired) electrons. The molecule has 1 aromatic carbocycles. The topological polar surface area (TPSA) is 98.7 Å². The van der Waals surface area contributed by atoms with Crippen LogP contribution in [0.2, 0.25) is 0 Å². The van der Waals surface area contributed by atoms with Gasteiger partial charge in [0.1, 0.15) is 5.82 Å². The maximum Gasteiger partial charge on any atom is 0.317 e. The summed E-state index contributed by atoms with van der Waals surface area (Å²) >= 11 is 0. The lowest BCUT2D eigenvalue weighted by molar-refractivity contribution is -0.137. The van der Waals surface area contributed by atoms with Crippen LogP contribution >= 0.6 is 0 Å². The van der Waals surface area contributed by atoms with Gasteiger partial charge in [-0.1, -0.05) is 0 Å². The summed E-state index contributed by atoms with van der Waals surface area (Å²) in [5.41, 5.74) is 0.325. The minimum atomic E-state index is -0.980. The predicted octanol–water partition coefficient (Wildman–Crippen LogP) is 0.672. The highest BCUT2D eigenvalue weighted by Crippen LogP contribution is 2.01. The first-order valence-corrected chi connectivity index (χ1v) is 6.64. The Hall–Kier alpha value is -2.64. The Morgan fingerprint density at radius 1 is 1.14 bits per heavy atom. The number of nitrogens with zero attached hydrogens (tertiary/aromatic N) is 1. The lowest BCUT2D eigenvalue weighted by Crippen LogP contribution is -2.41. The number of carboxylic acids is 1. The molecule has 0 heterocycles. The molecule has 1 rings (SSSR count). The van der Waals surface area contributed by atoms with Crippen molar-refractivity contribution in [3.8, 4) is 0 Å². The standard InChI is InChI=1S/C14H18FN3O4/c1-18(9-6-12(19)20)14(22)17-8-7-16-13(21)10-2-4-11(15)5-3-10/h2-5H,6-9H2,1H3,(H,16,21)(H,17,22)(H,19,20). The Kier molecular flexibility index (Phi) is 6.81. The maximum atomic E-state index is 12.7. The lowest BCUT2D eigenvalue weighted by Gasteiger charge is -2.17. The van der Waals surface area contributed by atoms with Gasteiger partial charge < -0.3 is 20.6 Å². The number of rotatable bonds is 7. The molecule has 0 aromatic heterocycles. The number of carboxylic acid groups (broad SMARTS) is 1. The molecule has 0 fully saturated rings. The number of hydrogen-bond donors (Lipinski definition) is 3. The molecule has 8 heteroatoms. The SMILES string of the molecule is CN(CCC(=O)O)C(=O)NCCNC(=O)c1ccc(F)cc1. The molecule has 22 heavy (non-hydrogen) atoms. The van der Waals surface area contributed by atoms with Gasteiger partial charge in [0.2, 0.25) is 0 Å². The zero-order chi connectivity index (χ0) is 16.5. The van der Waals surface area contributed by atoms with E-state index < -0.39 is 17.8 Å². The summed E-state index contributed by atoms with van der Waals surface area (Å²) in [7, 11) is 1.48. The number of amides is 3. The number of aliphatic carboxylic acids is 1. The zero-order valence-electron chi connectivity index (χ0n) is 12.1. The average Bonchev–Trinajstić information content (AvgIpc) is 2.49. The molecular formula is C14H18FN3O4. The highest BCUT2D eigenvalue weighted by molar-refractivity contribution is 5.94. The van der Waals surface area contributed by atoms with Gasteiger partial charge in [0, 0.05) is 32.2 Å². The predicted molar refractivity (Wildman–Crippen MR) is 77.0 cm³/mol. The molecule has 0 atom stereocenters. The molecule has 3 N–H and O–H groups in total. The second-order valence-corrected chi connectivity index (χ2v) is 4.56. The summed E-state index contributed by atoms with van der Waals surface area (Å²) in [5.74, 6) is -1.77. The number of benzene rings is 1. The normalized spacial score (nSPS) is 9.91. The third kappa shape index (κ3) is 6.21. The molecule has 0 aliphatic rings. The van der Waals surface area contributed by atoms with E-state index in [-0.39, 0.29) is 32.0 Å². The van der Waals surface area contributed by atoms with Crippen LogP contribution in [0.25, 0.3) is 0 Å². The molecule has 7 nitrogen and oxygen atoms in total. The number of halogens is 1. The van der Waals surface area contributed by atoms with E-state index in [1.54, 1.807) is 0 Å². The van der Waals surface area contributed by atoms with E-state index in [4.69, 9.17) is 5.11 Å². The van der Waals surface area contributed by atoms with Gasteiger partial charge in [-0.15, -0.1) is 0 Å². The molecule has 0 saturated heterocycles. The highest BCUT2D eigenvalue weighted by Gasteiger charge is 2.09. The van der Waals surface area contributed by atoms with E-state index in [1.165, 1.54) is 36.2 Å². The van der Waals surface area contributed by atoms with Gasteiger partial charge in [-0.3, -0.25) is 9.59 Å². The molecular weight excluding hydrogens is 293 g/mol. The third-order valence-electron chi connectivity index (χ3n) is 2.80. The second kappa shape index (κ2) is 8.60. The number of carbonyl (C=O) groups is 3. The van der Waals surface area contributed by atoms with Crippen molar-refractivity contribution < 1.29 is 23.9 Å². The van der Waals surface area contributed by atoms with E-state index in [1.807, 2.05) is 0 Å². The van der Waals surface area contributed by atoms with E-state index in [0.29, 0.717) is 5.56 Å². The van der Waals surface area contributed by atoms with Crippen LogP contribution in [0.15, 0.2) is 24.3 Å². The molecule has 0 spiro atoms. The first-order chi connectivity index (χ1) is 10.4. The Balaban J connectivity index is 2.24. The zero-order valence-corrected chi connectivity index (χ0v) is 12.1. The van der Waals surface area contributed by atoms with Crippen molar-refractivity contribution in [1.82, 2.24) is 15.5 Å². The van der Waals surface area contributed by atoms with Crippen LogP contribution in [-0.2, 0) is 4.79 Å². The van der Waals surface area contributed by atoms with Gasteiger partial charge in [-0.05, 0) is 24.3 Å². The van der Waals surface area contributed by atoms with E-state index in [9.17, 15) is 18.8 Å². The number of carbonyl (C=O) groups excluding carboxylic acids is 2. The van der Waals surface area contributed by atoms with Crippen molar-refractivity contribution in [2.75, 3.05) is 26.7 Å². The number of nitrogens with one attached hydrogen (secondary N) is 2. The summed E-state index contributed by atoms with van der Waals surface area (Å²) in [6, 6.07) is 4.69. The Morgan fingerprint density at radius 2 is 1.73 bits per heavy atom. The van der Waals surface area contributed by atoms with Gasteiger partial charge in [0.25, 0.3) is 5.91 Å². The van der Waals surface area contributed by atoms with Crippen molar-refractivity contribution in [2.45, 2.75) is 6.42 Å². The summed E-state index contributed by atoms with van der Waals surface area (Å²) in [5, 5.41) is 13.6. The van der Waals surface area contributed by atoms with Crippen LogP contribution in [0.3, 0.4) is 0 Å². The van der Waals surface area contributed by atoms with E-state index in [0.717, 1.165) is 0 Å². The molecule has 120 valence electrons. The molecule has 0 aliphatic carbocycles. The summed E-state index contributed by atoms with van der Waals surface area (Å²) < 4.78 is 12.7. The molecule has 0 aliphatic heterocycles. The second-order valence-electron chi connectivity index (χ2n) is 4.56. The smallest absolute Gasteiger partial charge is 0.317 e. The molecule has 0 bridgehead atoms. The van der Waals surface area contributed by atoms with Crippen molar-refractivity contribution in [2.24, 2.45) is 0 Å². The van der Waals surface area contributed by atoms with Gasteiger partial charge >= 0.3 is 12.0 Å². The Morgan fingerprint density at radius 3 is 2.32 bits per heavy atom. The van der Waals surface area contributed by atoms with Gasteiger partial charge in [0.15, 0.2) is 0 Å². The summed E-state index contributed by atoms with van der Waals surface area (Å²) in [4.78, 5) is 34.9. The van der Waals surface area contributed by atoms with Crippen LogP contribution in [0.4, 0.5) is 9.18 Å². The lowest BCUT2D eigenvalue weighted by atomic mass is 10.2. The van der Waals surface area contributed by atoms with Gasteiger partial charge in [-0.2, -0.15) is 0 Å². The average molecular weight is 311 g/mol. The van der Waals surface area contributed by atoms with Gasteiger partial charge in [0.05, 0.1) is 6.42 Å². The minimum absolute atomic E-state index is 0.100. The fourth-order valence-electron chi connectivity index (χ4n) is 1.55. The molecule has 0 unspecified atom stereocenters. The molecule has 3 amide bonds. The van der Waals surface area contributed by atoms with E-state index >= 15 is 0 Å². The number of hydrogen-bond acceptors (Lipinski definition) is 3. The van der Waals surface area contributed by atoms with E-state index in [2.05, 4.69) is 10.6 Å². The summed E-state index contributed by atoms with van der Waals surface area (Å²) in [6.45, 7) is 0.501. The molecule has 1 aromatic rings. The van der Waals surface area contributed by atoms with Crippen molar-refractivity contribution >= 4 is 17.9 Å². The van der Waals surface area contributed by atoms with Crippen LogP contribution in [-0.4, -0.2) is 54.6 Å². The quantitative estimate of drug-likeness (QED) is 0.645. The largest absolute Gasteiger partial charge is 0.481 e. The monoisotopic (exact) mass is 311 g/mol. The first-order valence-electron chi connectivity index (χ1n) is 6.64. The Bertz CT molecular complexity index is 533. The van der Waals surface area contributed by atoms with Crippen LogP contribution in [0, 0.1) is 5.82 Å². The van der Waals surface area contributed by atoms with Crippen molar-refractivity contribution in [1.29, 1.82) is 0 Å². The summed E-state index contributed by atoms with van der Waals surface area (Å²) in [6.07, 6.45) is -0.134. The maximum absolute atomic E-state index is 12.7. The van der Waals surface area contributed by atoms with Crippen molar-refractivity contribution in [3.63, 3.8) is 0 Å². The van der Waals surface area contributed by atoms with Crippen molar-refractivity contribution in [3.05, 3.63) is 35.6 Å². The minimum Gasteiger partial charge on any atom is -0.481 e. The van der Waals surface area contributed by atoms with Crippen LogP contribution in [0.1, 0.15) is 16.8 Å². The Labute approximate surface area is 127 Å². The third-order valence-corrected chi connectivity index (χ3v) is 2.80.